The summed E-state index contributed by atoms with van der Waals surface area (Å²) in [5, 5.41) is 4.53. The smallest absolute Gasteiger partial charge is 0.143 e. The molecule has 4 aromatic rings. The maximum absolute atomic E-state index is 4.65. The summed E-state index contributed by atoms with van der Waals surface area (Å²) in [5.74, 6) is 1.72. The van der Waals surface area contributed by atoms with Crippen LogP contribution >= 0.6 is 0 Å². The van der Waals surface area contributed by atoms with Crippen LogP contribution in [0.25, 0.3) is 28.0 Å². The Morgan fingerprint density at radius 1 is 1.00 bits per heavy atom. The number of anilines is 2. The predicted molar refractivity (Wildman–Crippen MR) is 156 cm³/mol. The number of benzene rings is 1. The van der Waals surface area contributed by atoms with Gasteiger partial charge >= 0.3 is 0 Å². The second kappa shape index (κ2) is 11.0. The van der Waals surface area contributed by atoms with Gasteiger partial charge in [-0.2, -0.15) is 0 Å². The van der Waals surface area contributed by atoms with E-state index < -0.39 is 0 Å². The van der Waals surface area contributed by atoms with Gasteiger partial charge < -0.3 is 15.2 Å². The van der Waals surface area contributed by atoms with E-state index in [1.54, 1.807) is 6.33 Å². The fraction of sp³-hybridized carbons (Fsp3) is 0.387. The molecule has 0 radical (unpaired) electrons. The van der Waals surface area contributed by atoms with Crippen LogP contribution in [0.15, 0.2) is 61.6 Å². The van der Waals surface area contributed by atoms with Gasteiger partial charge in [0.2, 0.25) is 0 Å². The number of H-pyrrole nitrogens is 1. The molecular weight excluding hydrogens is 470 g/mol. The van der Waals surface area contributed by atoms with Crippen molar-refractivity contribution in [3.8, 4) is 11.3 Å². The molecule has 2 aliphatic heterocycles. The molecular formula is C31H37N7. The minimum atomic E-state index is 0.689. The Morgan fingerprint density at radius 2 is 1.84 bits per heavy atom. The summed E-state index contributed by atoms with van der Waals surface area (Å²) in [4.78, 5) is 22.2. The Labute approximate surface area is 225 Å². The summed E-state index contributed by atoms with van der Waals surface area (Å²) >= 11 is 0. The normalized spacial score (nSPS) is 18.6. The molecule has 1 atom stereocenters. The number of nitrogens with one attached hydrogen (secondary N) is 2. The third-order valence-corrected chi connectivity index (χ3v) is 7.84. The van der Waals surface area contributed by atoms with E-state index in [-0.39, 0.29) is 0 Å². The van der Waals surface area contributed by atoms with Gasteiger partial charge in [0.25, 0.3) is 0 Å². The molecule has 196 valence electrons. The lowest BCUT2D eigenvalue weighted by Gasteiger charge is -2.32. The number of aromatic amines is 1. The molecule has 0 spiro atoms. The maximum Gasteiger partial charge on any atom is 0.143 e. The minimum absolute atomic E-state index is 0.689. The molecule has 0 aliphatic carbocycles. The molecule has 7 nitrogen and oxygen atoms in total. The van der Waals surface area contributed by atoms with Gasteiger partial charge in [0.05, 0.1) is 16.8 Å². The topological polar surface area (TPSA) is 73.0 Å². The van der Waals surface area contributed by atoms with Gasteiger partial charge in [-0.1, -0.05) is 32.1 Å². The van der Waals surface area contributed by atoms with Gasteiger partial charge in [-0.05, 0) is 86.1 Å². The average molecular weight is 508 g/mol. The summed E-state index contributed by atoms with van der Waals surface area (Å²) < 4.78 is 0. The van der Waals surface area contributed by atoms with E-state index in [0.717, 1.165) is 64.8 Å². The van der Waals surface area contributed by atoms with Crippen LogP contribution in [0, 0.1) is 5.92 Å². The van der Waals surface area contributed by atoms with Crippen molar-refractivity contribution >= 4 is 28.2 Å². The highest BCUT2D eigenvalue weighted by molar-refractivity contribution is 5.92. The van der Waals surface area contributed by atoms with Crippen LogP contribution < -0.4 is 10.2 Å². The van der Waals surface area contributed by atoms with Crippen molar-refractivity contribution in [1.82, 2.24) is 24.8 Å². The van der Waals surface area contributed by atoms with Crippen LogP contribution in [0.3, 0.4) is 0 Å². The molecule has 0 amide bonds. The van der Waals surface area contributed by atoms with Gasteiger partial charge in [-0.25, -0.2) is 9.97 Å². The van der Waals surface area contributed by atoms with E-state index in [4.69, 9.17) is 0 Å². The fourth-order valence-electron chi connectivity index (χ4n) is 5.80. The van der Waals surface area contributed by atoms with Crippen LogP contribution in [0.5, 0.6) is 0 Å². The van der Waals surface area contributed by atoms with Crippen LogP contribution in [0.2, 0.25) is 0 Å². The highest BCUT2D eigenvalue weighted by atomic mass is 15.2. The van der Waals surface area contributed by atoms with Crippen molar-refractivity contribution in [3.05, 3.63) is 72.8 Å². The molecule has 5 heterocycles. The Morgan fingerprint density at radius 3 is 2.66 bits per heavy atom. The average Bonchev–Trinajstić information content (AvgIpc) is 3.39. The second-order valence-corrected chi connectivity index (χ2v) is 10.9. The summed E-state index contributed by atoms with van der Waals surface area (Å²) in [6.45, 7) is 12.0. The number of nitrogens with zero attached hydrogens (tertiary/aromatic N) is 5. The zero-order valence-corrected chi connectivity index (χ0v) is 22.3. The highest BCUT2D eigenvalue weighted by Gasteiger charge is 2.21. The van der Waals surface area contributed by atoms with Gasteiger partial charge in [-0.15, -0.1) is 0 Å². The van der Waals surface area contributed by atoms with Crippen molar-refractivity contribution in [3.63, 3.8) is 0 Å². The number of likely N-dealkylation sites (tertiary alicyclic amines) is 1. The van der Waals surface area contributed by atoms with Crippen molar-refractivity contribution in [1.29, 1.82) is 0 Å². The lowest BCUT2D eigenvalue weighted by molar-refractivity contribution is 0.221. The molecule has 38 heavy (non-hydrogen) atoms. The number of piperidine rings is 2. The first kappa shape index (κ1) is 24.6. The molecule has 0 bridgehead atoms. The molecule has 2 fully saturated rings. The van der Waals surface area contributed by atoms with E-state index in [2.05, 4.69) is 91.0 Å². The van der Waals surface area contributed by atoms with E-state index in [9.17, 15) is 0 Å². The maximum atomic E-state index is 4.65. The van der Waals surface area contributed by atoms with Crippen molar-refractivity contribution in [2.24, 2.45) is 5.92 Å². The minimum Gasteiger partial charge on any atom is -0.356 e. The zero-order valence-electron chi connectivity index (χ0n) is 22.3. The zero-order chi connectivity index (χ0) is 25.9. The number of hydrogen-bond acceptors (Lipinski definition) is 6. The van der Waals surface area contributed by atoms with Crippen molar-refractivity contribution in [2.75, 3.05) is 36.4 Å². The Kier molecular flexibility index (Phi) is 7.10. The Hall–Kier alpha value is -3.71. The largest absolute Gasteiger partial charge is 0.356 e. The molecule has 2 aliphatic rings. The summed E-state index contributed by atoms with van der Waals surface area (Å²) in [6.07, 6.45) is 10.0. The van der Waals surface area contributed by atoms with Gasteiger partial charge in [0.1, 0.15) is 17.8 Å². The number of pyridine rings is 1. The lowest BCUT2D eigenvalue weighted by atomic mass is 10.0. The van der Waals surface area contributed by atoms with E-state index >= 15 is 0 Å². The Balaban J connectivity index is 1.15. The van der Waals surface area contributed by atoms with Crippen LogP contribution in [-0.4, -0.2) is 51.0 Å². The van der Waals surface area contributed by atoms with Crippen LogP contribution in [0.4, 0.5) is 11.5 Å². The predicted octanol–water partition coefficient (Wildman–Crippen LogP) is 6.32. The third kappa shape index (κ3) is 5.43. The molecule has 2 N–H and O–H groups in total. The Bertz CT molecular complexity index is 1400. The summed E-state index contributed by atoms with van der Waals surface area (Å²) in [7, 11) is 0. The van der Waals surface area contributed by atoms with Gasteiger partial charge in [-0.3, -0.25) is 9.88 Å². The fourth-order valence-corrected chi connectivity index (χ4v) is 5.80. The van der Waals surface area contributed by atoms with Crippen LogP contribution in [0.1, 0.15) is 50.3 Å². The first-order valence-corrected chi connectivity index (χ1v) is 13.9. The second-order valence-electron chi connectivity index (χ2n) is 10.9. The number of rotatable bonds is 7. The third-order valence-electron chi connectivity index (χ3n) is 7.84. The first-order chi connectivity index (χ1) is 18.6. The monoisotopic (exact) mass is 507 g/mol. The quantitative estimate of drug-likeness (QED) is 0.305. The SMILES string of the molecule is C=C(Nc1ccc(-c2cc3c(N4CCCC(C)C4)ncnc3[nH]2)cc1)c1cc(CN2CCCCC2)ccn1. The molecule has 7 heteroatoms. The van der Waals surface area contributed by atoms with E-state index in [0.29, 0.717) is 5.92 Å². The summed E-state index contributed by atoms with van der Waals surface area (Å²) in [6, 6.07) is 14.9. The molecule has 1 unspecified atom stereocenters. The van der Waals surface area contributed by atoms with Gasteiger partial charge in [0.15, 0.2) is 0 Å². The molecule has 3 aromatic heterocycles. The molecule has 0 saturated carbocycles. The number of aromatic nitrogens is 4. The first-order valence-electron chi connectivity index (χ1n) is 13.9. The van der Waals surface area contributed by atoms with Gasteiger partial charge in [0, 0.05) is 37.2 Å². The van der Waals surface area contributed by atoms with Crippen molar-refractivity contribution < 1.29 is 0 Å². The molecule has 1 aromatic carbocycles. The van der Waals surface area contributed by atoms with Crippen molar-refractivity contribution in [2.45, 2.75) is 45.6 Å². The highest BCUT2D eigenvalue weighted by Crippen LogP contribution is 2.31. The molecule has 6 rings (SSSR count). The molecule has 2 saturated heterocycles. The van der Waals surface area contributed by atoms with Crippen LogP contribution in [-0.2, 0) is 6.54 Å². The summed E-state index contributed by atoms with van der Waals surface area (Å²) in [5.41, 5.74) is 7.01. The number of fused-ring (bicyclic) bond motifs is 1. The number of hydrogen-bond donors (Lipinski definition) is 2. The lowest BCUT2D eigenvalue weighted by Crippen LogP contribution is -2.34. The van der Waals surface area contributed by atoms with E-state index in [1.807, 2.05) is 6.20 Å². The standard InChI is InChI=1S/C31H37N7/c1-22-7-6-16-38(19-22)31-27-18-29(36-30(27)33-21-34-31)25-8-10-26(11-9-25)35-23(2)28-17-24(12-13-32-28)20-37-14-4-3-5-15-37/h8-13,17-18,21-22,35H,2-7,14-16,19-20H2,1H3,(H,33,34,36). The van der Waals surface area contributed by atoms with E-state index in [1.165, 1.54) is 50.8 Å².